The summed E-state index contributed by atoms with van der Waals surface area (Å²) in [7, 11) is 1.55. The maximum absolute atomic E-state index is 13.3. The molecular weight excluding hydrogens is 446 g/mol. The summed E-state index contributed by atoms with van der Waals surface area (Å²) in [5.41, 5.74) is 2.05. The van der Waals surface area contributed by atoms with E-state index in [-0.39, 0.29) is 23.8 Å². The molecule has 1 amide bonds. The molecule has 0 radical (unpaired) electrons. The lowest BCUT2D eigenvalue weighted by atomic mass is 9.95. The highest BCUT2D eigenvalue weighted by molar-refractivity contribution is 6.46. The van der Waals surface area contributed by atoms with Crippen molar-refractivity contribution in [3.63, 3.8) is 0 Å². The van der Waals surface area contributed by atoms with Gasteiger partial charge in [0, 0.05) is 11.1 Å². The minimum atomic E-state index is -0.885. The van der Waals surface area contributed by atoms with Crippen LogP contribution in [0.15, 0.2) is 70.9 Å². The van der Waals surface area contributed by atoms with Gasteiger partial charge in [-0.3, -0.25) is 9.59 Å². The Balaban J connectivity index is 1.84. The Morgan fingerprint density at radius 1 is 1.09 bits per heavy atom. The zero-order chi connectivity index (χ0) is 25.1. The first kappa shape index (κ1) is 24.1. The van der Waals surface area contributed by atoms with Gasteiger partial charge in [-0.25, -0.2) is 0 Å². The number of carbonyl (C=O) groups is 2. The highest BCUT2D eigenvalue weighted by Gasteiger charge is 2.47. The number of rotatable bonds is 8. The van der Waals surface area contributed by atoms with Crippen LogP contribution in [-0.2, 0) is 16.1 Å². The van der Waals surface area contributed by atoms with Crippen LogP contribution in [0.4, 0.5) is 0 Å². The van der Waals surface area contributed by atoms with Crippen LogP contribution in [0, 0.1) is 0 Å². The fraction of sp³-hybridized carbons (Fsp3) is 0.286. The number of hydrogen-bond donors (Lipinski definition) is 1. The summed E-state index contributed by atoms with van der Waals surface area (Å²) in [5, 5.41) is 11.4. The van der Waals surface area contributed by atoms with Gasteiger partial charge in [0.25, 0.3) is 11.7 Å². The smallest absolute Gasteiger partial charge is 0.296 e. The van der Waals surface area contributed by atoms with Crippen LogP contribution in [0.3, 0.4) is 0 Å². The van der Waals surface area contributed by atoms with Gasteiger partial charge in [-0.2, -0.15) is 0 Å². The molecule has 0 bridgehead atoms. The van der Waals surface area contributed by atoms with Gasteiger partial charge in [-0.15, -0.1) is 0 Å². The molecular formula is C28H29NO6. The third kappa shape index (κ3) is 4.54. The molecule has 1 N–H and O–H groups in total. The molecule has 1 aliphatic heterocycles. The van der Waals surface area contributed by atoms with Gasteiger partial charge in [0.2, 0.25) is 0 Å². The number of likely N-dealkylation sites (tertiary alicyclic amines) is 1. The first-order valence-corrected chi connectivity index (χ1v) is 11.6. The number of para-hydroxylation sites is 1. The molecule has 2 heterocycles. The van der Waals surface area contributed by atoms with E-state index in [2.05, 4.69) is 0 Å². The number of ether oxygens (including phenoxy) is 2. The zero-order valence-corrected chi connectivity index (χ0v) is 20.3. The van der Waals surface area contributed by atoms with Crippen LogP contribution in [0.25, 0.3) is 5.76 Å². The molecule has 1 atom stereocenters. The summed E-state index contributed by atoms with van der Waals surface area (Å²) in [6.45, 7) is 6.58. The predicted molar refractivity (Wildman–Crippen MR) is 131 cm³/mol. The molecule has 35 heavy (non-hydrogen) atoms. The molecule has 4 rings (SSSR count). The molecule has 1 fully saturated rings. The normalized spacial score (nSPS) is 17.3. The first-order valence-electron chi connectivity index (χ1n) is 11.6. The van der Waals surface area contributed by atoms with E-state index in [1.165, 1.54) is 11.2 Å². The standard InChI is InChI=1S/C28H29NO6/c1-5-34-22-13-12-18(15-20(22)17(2)3)26(30)24-25(23-11-8-14-35-23)29(28(32)27(24)31)16-19-9-6-7-10-21(19)33-4/h6-15,17,25,30H,5,16H2,1-4H3/b26-24-. The van der Waals surface area contributed by atoms with Crippen molar-refractivity contribution >= 4 is 17.4 Å². The van der Waals surface area contributed by atoms with E-state index in [9.17, 15) is 14.7 Å². The second kappa shape index (κ2) is 10.1. The fourth-order valence-electron chi connectivity index (χ4n) is 4.39. The van der Waals surface area contributed by atoms with E-state index in [1.54, 1.807) is 43.5 Å². The molecule has 1 saturated heterocycles. The first-order chi connectivity index (χ1) is 16.9. The van der Waals surface area contributed by atoms with Crippen molar-refractivity contribution in [2.75, 3.05) is 13.7 Å². The largest absolute Gasteiger partial charge is 0.507 e. The van der Waals surface area contributed by atoms with Crippen LogP contribution < -0.4 is 9.47 Å². The summed E-state index contributed by atoms with van der Waals surface area (Å²) in [4.78, 5) is 27.9. The van der Waals surface area contributed by atoms with E-state index >= 15 is 0 Å². The Morgan fingerprint density at radius 3 is 2.51 bits per heavy atom. The second-order valence-electron chi connectivity index (χ2n) is 8.59. The Kier molecular flexibility index (Phi) is 6.96. The number of Topliss-reactive ketones (excluding diaryl/α,β-unsaturated/α-hetero) is 1. The number of aliphatic hydroxyl groups excluding tert-OH is 1. The maximum atomic E-state index is 13.3. The second-order valence-corrected chi connectivity index (χ2v) is 8.59. The molecule has 1 aliphatic rings. The average molecular weight is 476 g/mol. The molecule has 1 unspecified atom stereocenters. The third-order valence-electron chi connectivity index (χ3n) is 6.09. The quantitative estimate of drug-likeness (QED) is 0.265. The van der Waals surface area contributed by atoms with Gasteiger partial charge in [0.1, 0.15) is 29.1 Å². The van der Waals surface area contributed by atoms with Crippen LogP contribution in [0.2, 0.25) is 0 Å². The average Bonchev–Trinajstić information content (AvgIpc) is 3.47. The molecule has 0 aliphatic carbocycles. The lowest BCUT2D eigenvalue weighted by Crippen LogP contribution is -2.29. The summed E-state index contributed by atoms with van der Waals surface area (Å²) >= 11 is 0. The lowest BCUT2D eigenvalue weighted by molar-refractivity contribution is -0.140. The van der Waals surface area contributed by atoms with E-state index < -0.39 is 17.7 Å². The summed E-state index contributed by atoms with van der Waals surface area (Å²) < 4.78 is 16.8. The van der Waals surface area contributed by atoms with E-state index in [4.69, 9.17) is 13.9 Å². The molecule has 1 aromatic heterocycles. The van der Waals surface area contributed by atoms with Crippen molar-refractivity contribution in [1.82, 2.24) is 4.90 Å². The van der Waals surface area contributed by atoms with Crippen LogP contribution in [-0.4, -0.2) is 35.4 Å². The number of hydrogen-bond acceptors (Lipinski definition) is 6. The molecule has 2 aromatic carbocycles. The van der Waals surface area contributed by atoms with Crippen molar-refractivity contribution < 1.29 is 28.6 Å². The van der Waals surface area contributed by atoms with Crippen LogP contribution >= 0.6 is 0 Å². The molecule has 3 aromatic rings. The number of aliphatic hydroxyl groups is 1. The topological polar surface area (TPSA) is 89.2 Å². The van der Waals surface area contributed by atoms with Crippen molar-refractivity contribution in [2.24, 2.45) is 0 Å². The maximum Gasteiger partial charge on any atom is 0.296 e. The third-order valence-corrected chi connectivity index (χ3v) is 6.09. The summed E-state index contributed by atoms with van der Waals surface area (Å²) in [6.07, 6.45) is 1.48. The van der Waals surface area contributed by atoms with E-state index in [0.29, 0.717) is 23.7 Å². The highest BCUT2D eigenvalue weighted by atomic mass is 16.5. The molecule has 0 spiro atoms. The Morgan fingerprint density at radius 2 is 1.86 bits per heavy atom. The minimum Gasteiger partial charge on any atom is -0.507 e. The summed E-state index contributed by atoms with van der Waals surface area (Å²) in [5.74, 6) is 0.0950. The Hall–Kier alpha value is -4.00. The minimum absolute atomic E-state index is 0.0151. The van der Waals surface area contributed by atoms with Crippen molar-refractivity contribution in [3.8, 4) is 11.5 Å². The fourth-order valence-corrected chi connectivity index (χ4v) is 4.39. The monoisotopic (exact) mass is 475 g/mol. The van der Waals surface area contributed by atoms with Crippen molar-refractivity contribution in [3.05, 3.63) is 88.9 Å². The summed E-state index contributed by atoms with van der Waals surface area (Å²) in [6, 6.07) is 15.1. The van der Waals surface area contributed by atoms with Crippen LogP contribution in [0.5, 0.6) is 11.5 Å². The van der Waals surface area contributed by atoms with Gasteiger partial charge >= 0.3 is 0 Å². The van der Waals surface area contributed by atoms with E-state index in [1.807, 2.05) is 39.0 Å². The van der Waals surface area contributed by atoms with Gasteiger partial charge in [-0.05, 0) is 54.8 Å². The van der Waals surface area contributed by atoms with E-state index in [0.717, 1.165) is 16.9 Å². The SMILES string of the molecule is CCOc1ccc(/C(O)=C2/C(=O)C(=O)N(Cc3ccccc3OC)C2c2ccco2)cc1C(C)C. The number of methoxy groups -OCH3 is 1. The Labute approximate surface area is 204 Å². The number of nitrogens with zero attached hydrogens (tertiary/aromatic N) is 1. The molecule has 182 valence electrons. The van der Waals surface area contributed by atoms with Gasteiger partial charge < -0.3 is 23.9 Å². The number of benzene rings is 2. The zero-order valence-electron chi connectivity index (χ0n) is 20.3. The van der Waals surface area contributed by atoms with Crippen molar-refractivity contribution in [1.29, 1.82) is 0 Å². The lowest BCUT2D eigenvalue weighted by Gasteiger charge is -2.24. The Bertz CT molecular complexity index is 1260. The number of ketones is 1. The van der Waals surface area contributed by atoms with Gasteiger partial charge in [0.05, 0.1) is 32.1 Å². The number of carbonyl (C=O) groups excluding carboxylic acids is 2. The predicted octanol–water partition coefficient (Wildman–Crippen LogP) is 5.43. The van der Waals surface area contributed by atoms with Gasteiger partial charge in [-0.1, -0.05) is 32.0 Å². The van der Waals surface area contributed by atoms with Gasteiger partial charge in [0.15, 0.2) is 0 Å². The molecule has 7 heteroatoms. The highest BCUT2D eigenvalue weighted by Crippen LogP contribution is 2.42. The molecule has 7 nitrogen and oxygen atoms in total. The van der Waals surface area contributed by atoms with Crippen LogP contribution in [0.1, 0.15) is 55.2 Å². The number of furan rings is 1. The number of amides is 1. The van der Waals surface area contributed by atoms with Crippen molar-refractivity contribution in [2.45, 2.75) is 39.3 Å². The molecule has 0 saturated carbocycles.